The number of fused-ring (bicyclic) bond motifs is 1. The molecule has 1 aliphatic rings. The Hall–Kier alpha value is -2.99. The molecular formula is C19H18N2O4. The summed E-state index contributed by atoms with van der Waals surface area (Å²) in [5.41, 5.74) is 2.42. The molecule has 0 spiro atoms. The predicted molar refractivity (Wildman–Crippen MR) is 93.0 cm³/mol. The monoisotopic (exact) mass is 338 g/mol. The van der Waals surface area contributed by atoms with E-state index in [1.807, 2.05) is 0 Å². The van der Waals surface area contributed by atoms with Crippen molar-refractivity contribution in [2.45, 2.75) is 6.92 Å². The van der Waals surface area contributed by atoms with Crippen LogP contribution in [0.2, 0.25) is 0 Å². The Balaban J connectivity index is 1.86. The van der Waals surface area contributed by atoms with Crippen LogP contribution >= 0.6 is 0 Å². The molecule has 128 valence electrons. The van der Waals surface area contributed by atoms with Crippen LogP contribution in [0.15, 0.2) is 42.5 Å². The summed E-state index contributed by atoms with van der Waals surface area (Å²) in [4.78, 5) is 38.4. The minimum absolute atomic E-state index is 0.228. The molecule has 25 heavy (non-hydrogen) atoms. The molecule has 0 atom stereocenters. The molecule has 0 unspecified atom stereocenters. The number of nitrogens with one attached hydrogen (secondary N) is 1. The number of amides is 3. The van der Waals surface area contributed by atoms with E-state index in [9.17, 15) is 14.4 Å². The van der Waals surface area contributed by atoms with Crippen LogP contribution in [0, 0.1) is 6.92 Å². The number of hydrogen-bond donors (Lipinski definition) is 1. The molecule has 1 N–H and O–H groups in total. The zero-order valence-corrected chi connectivity index (χ0v) is 14.0. The van der Waals surface area contributed by atoms with Gasteiger partial charge in [-0.05, 0) is 42.8 Å². The molecule has 0 fully saturated rings. The van der Waals surface area contributed by atoms with Crippen LogP contribution in [0.25, 0.3) is 0 Å². The Morgan fingerprint density at radius 1 is 1.08 bits per heavy atom. The normalized spacial score (nSPS) is 13.1. The molecule has 0 saturated heterocycles. The van der Waals surface area contributed by atoms with Crippen LogP contribution < -0.4 is 10.2 Å². The fourth-order valence-electron chi connectivity index (χ4n) is 2.82. The van der Waals surface area contributed by atoms with Gasteiger partial charge >= 0.3 is 0 Å². The maximum atomic E-state index is 12.6. The summed E-state index contributed by atoms with van der Waals surface area (Å²) in [5.74, 6) is -0.920. The highest BCUT2D eigenvalue weighted by atomic mass is 16.5. The van der Waals surface area contributed by atoms with E-state index in [1.54, 1.807) is 56.5 Å². The first-order valence-electron chi connectivity index (χ1n) is 7.90. The van der Waals surface area contributed by atoms with Crippen molar-refractivity contribution in [1.82, 2.24) is 5.32 Å². The maximum Gasteiger partial charge on any atom is 0.266 e. The van der Waals surface area contributed by atoms with Gasteiger partial charge in [-0.25, -0.2) is 4.90 Å². The summed E-state index contributed by atoms with van der Waals surface area (Å²) in [6.07, 6.45) is 0. The van der Waals surface area contributed by atoms with Crippen molar-refractivity contribution in [3.05, 3.63) is 64.7 Å². The predicted octanol–water partition coefficient (Wildman–Crippen LogP) is 2.17. The van der Waals surface area contributed by atoms with Gasteiger partial charge in [-0.15, -0.1) is 0 Å². The lowest BCUT2D eigenvalue weighted by molar-refractivity contribution is 0.0921. The molecule has 6 heteroatoms. The smallest absolute Gasteiger partial charge is 0.266 e. The summed E-state index contributed by atoms with van der Waals surface area (Å²) in [7, 11) is 1.56. The molecule has 3 amide bonds. The molecule has 1 heterocycles. The number of imide groups is 1. The number of nitrogens with zero attached hydrogens (tertiary/aromatic N) is 1. The molecule has 0 aliphatic carbocycles. The van der Waals surface area contributed by atoms with E-state index in [0.717, 1.165) is 4.90 Å². The van der Waals surface area contributed by atoms with Gasteiger partial charge < -0.3 is 10.1 Å². The van der Waals surface area contributed by atoms with E-state index in [4.69, 9.17) is 4.74 Å². The number of benzene rings is 2. The van der Waals surface area contributed by atoms with E-state index in [0.29, 0.717) is 41.1 Å². The zero-order valence-electron chi connectivity index (χ0n) is 14.0. The van der Waals surface area contributed by atoms with Crippen LogP contribution in [0.4, 0.5) is 5.69 Å². The third-order valence-electron chi connectivity index (χ3n) is 4.09. The molecule has 2 aromatic carbocycles. The Bertz CT molecular complexity index is 825. The molecular weight excluding hydrogens is 320 g/mol. The van der Waals surface area contributed by atoms with Crippen LogP contribution in [0.5, 0.6) is 0 Å². The number of rotatable bonds is 5. The van der Waals surface area contributed by atoms with Crippen molar-refractivity contribution in [1.29, 1.82) is 0 Å². The summed E-state index contributed by atoms with van der Waals surface area (Å²) in [6.45, 7) is 2.61. The quantitative estimate of drug-likeness (QED) is 0.670. The van der Waals surface area contributed by atoms with E-state index in [1.165, 1.54) is 0 Å². The fourth-order valence-corrected chi connectivity index (χ4v) is 2.82. The average Bonchev–Trinajstić information content (AvgIpc) is 2.87. The fraction of sp³-hybridized carbons (Fsp3) is 0.211. The van der Waals surface area contributed by atoms with E-state index < -0.39 is 0 Å². The Morgan fingerprint density at radius 2 is 1.72 bits per heavy atom. The molecule has 0 saturated carbocycles. The van der Waals surface area contributed by atoms with Crippen molar-refractivity contribution in [3.63, 3.8) is 0 Å². The number of carbonyl (C=O) groups is 3. The molecule has 0 radical (unpaired) electrons. The van der Waals surface area contributed by atoms with Crippen molar-refractivity contribution in [2.75, 3.05) is 25.2 Å². The van der Waals surface area contributed by atoms with E-state index in [2.05, 4.69) is 5.32 Å². The number of ether oxygens (including phenoxy) is 1. The lowest BCUT2D eigenvalue weighted by Crippen LogP contribution is -2.30. The summed E-state index contributed by atoms with van der Waals surface area (Å²) in [5, 5.41) is 2.74. The SMILES string of the molecule is COCCNC(=O)c1ccc(N2C(=O)c3ccccc3C2=O)c(C)c1. The number of methoxy groups -OCH3 is 1. The second-order valence-corrected chi connectivity index (χ2v) is 5.74. The number of anilines is 1. The van der Waals surface area contributed by atoms with Crippen molar-refractivity contribution in [2.24, 2.45) is 0 Å². The molecule has 2 aromatic rings. The molecule has 0 aromatic heterocycles. The van der Waals surface area contributed by atoms with Gasteiger partial charge in [0.15, 0.2) is 0 Å². The largest absolute Gasteiger partial charge is 0.383 e. The molecule has 0 bridgehead atoms. The van der Waals surface area contributed by atoms with Gasteiger partial charge in [0.25, 0.3) is 17.7 Å². The molecule has 1 aliphatic heterocycles. The van der Waals surface area contributed by atoms with Crippen LogP contribution in [-0.2, 0) is 4.74 Å². The standard InChI is InChI=1S/C19H18N2O4/c1-12-11-13(17(22)20-9-10-25-2)7-8-16(12)21-18(23)14-5-3-4-6-15(14)19(21)24/h3-8,11H,9-10H2,1-2H3,(H,20,22). The first-order valence-corrected chi connectivity index (χ1v) is 7.90. The van der Waals surface area contributed by atoms with Crippen LogP contribution in [0.1, 0.15) is 36.6 Å². The Labute approximate surface area is 145 Å². The highest BCUT2D eigenvalue weighted by molar-refractivity contribution is 6.34. The second-order valence-electron chi connectivity index (χ2n) is 5.74. The van der Waals surface area contributed by atoms with Crippen LogP contribution in [0.3, 0.4) is 0 Å². The minimum atomic E-state index is -0.346. The number of carbonyl (C=O) groups excluding carboxylic acids is 3. The minimum Gasteiger partial charge on any atom is -0.383 e. The lowest BCUT2D eigenvalue weighted by atomic mass is 10.1. The van der Waals surface area contributed by atoms with Gasteiger partial charge in [-0.1, -0.05) is 12.1 Å². The van der Waals surface area contributed by atoms with Gasteiger partial charge in [0.2, 0.25) is 0 Å². The number of aryl methyl sites for hydroxylation is 1. The Morgan fingerprint density at radius 3 is 2.28 bits per heavy atom. The molecule has 6 nitrogen and oxygen atoms in total. The third kappa shape index (κ3) is 3.04. The lowest BCUT2D eigenvalue weighted by Gasteiger charge is -2.17. The summed E-state index contributed by atoms with van der Waals surface area (Å²) in [6, 6.07) is 11.6. The highest BCUT2D eigenvalue weighted by Gasteiger charge is 2.36. The van der Waals surface area contributed by atoms with Crippen LogP contribution in [-0.4, -0.2) is 38.0 Å². The first-order chi connectivity index (χ1) is 12.0. The van der Waals surface area contributed by atoms with E-state index >= 15 is 0 Å². The molecule has 3 rings (SSSR count). The van der Waals surface area contributed by atoms with Crippen molar-refractivity contribution >= 4 is 23.4 Å². The Kier molecular flexibility index (Phi) is 4.63. The average molecular weight is 338 g/mol. The summed E-state index contributed by atoms with van der Waals surface area (Å²) >= 11 is 0. The number of hydrogen-bond acceptors (Lipinski definition) is 4. The van der Waals surface area contributed by atoms with Gasteiger partial charge in [0, 0.05) is 19.2 Å². The topological polar surface area (TPSA) is 75.7 Å². The van der Waals surface area contributed by atoms with Gasteiger partial charge in [0.05, 0.1) is 23.4 Å². The maximum absolute atomic E-state index is 12.6. The first kappa shape index (κ1) is 16.9. The van der Waals surface area contributed by atoms with Crippen molar-refractivity contribution in [3.8, 4) is 0 Å². The van der Waals surface area contributed by atoms with Gasteiger partial charge in [0.1, 0.15) is 0 Å². The van der Waals surface area contributed by atoms with Gasteiger partial charge in [-0.3, -0.25) is 14.4 Å². The zero-order chi connectivity index (χ0) is 18.0. The highest BCUT2D eigenvalue weighted by Crippen LogP contribution is 2.30. The second kappa shape index (κ2) is 6.86. The van der Waals surface area contributed by atoms with E-state index in [-0.39, 0.29) is 17.7 Å². The van der Waals surface area contributed by atoms with Gasteiger partial charge in [-0.2, -0.15) is 0 Å². The van der Waals surface area contributed by atoms with Crippen molar-refractivity contribution < 1.29 is 19.1 Å². The third-order valence-corrected chi connectivity index (χ3v) is 4.09. The summed E-state index contributed by atoms with van der Waals surface area (Å²) < 4.78 is 4.90.